The Morgan fingerprint density at radius 2 is 2.00 bits per heavy atom. The molecule has 0 radical (unpaired) electrons. The number of halogens is 3. The first-order chi connectivity index (χ1) is 1.73. The van der Waals surface area contributed by atoms with Crippen LogP contribution < -0.4 is 0 Å². The second kappa shape index (κ2) is 2.62. The average molecular weight is 288 g/mol. The number of alkyl halides is 1. The third kappa shape index (κ3) is 10.0. The van der Waals surface area contributed by atoms with Crippen molar-refractivity contribution in [3.63, 3.8) is 0 Å². The fraction of sp³-hybridized carbons (Fsp3) is 1.00. The van der Waals surface area contributed by atoms with Crippen molar-refractivity contribution in [2.45, 2.75) is 0 Å². The van der Waals surface area contributed by atoms with Gasteiger partial charge >= 0.3 is 42.8 Å². The molecule has 0 aliphatic carbocycles. The minimum atomic E-state index is -1.79. The van der Waals surface area contributed by atoms with Gasteiger partial charge in [0.25, 0.3) is 0 Å². The minimum absolute atomic E-state index is 1.64. The van der Waals surface area contributed by atoms with Gasteiger partial charge in [-0.3, -0.25) is 0 Å². The molecule has 0 aliphatic heterocycles. The van der Waals surface area contributed by atoms with Gasteiger partial charge in [0.1, 0.15) is 0 Å². The molecule has 0 aromatic carbocycles. The monoisotopic (exact) mass is 288 g/mol. The van der Waals surface area contributed by atoms with Crippen LogP contribution in [0.3, 0.4) is 0 Å². The van der Waals surface area contributed by atoms with Crippen molar-refractivity contribution in [2.24, 2.45) is 0 Å². The average Bonchev–Trinajstić information content (AvgIpc) is 0.811. The Kier molecular flexibility index (Phi) is 3.53. The summed E-state index contributed by atoms with van der Waals surface area (Å²) in [7, 11) is 0. The summed E-state index contributed by atoms with van der Waals surface area (Å²) in [5.41, 5.74) is 0. The molecular formula is CH3FI2. The van der Waals surface area contributed by atoms with Crippen LogP contribution in [0.2, 0.25) is 0 Å². The molecule has 0 amide bonds. The van der Waals surface area contributed by atoms with Crippen LogP contribution in [-0.2, 0) is 0 Å². The Bertz CT molecular complexity index is 10.8. The summed E-state index contributed by atoms with van der Waals surface area (Å²) in [6.07, 6.45) is 0. The fourth-order valence-electron chi connectivity index (χ4n) is 0. The van der Waals surface area contributed by atoms with Crippen molar-refractivity contribution in [2.75, 3.05) is 4.93 Å². The van der Waals surface area contributed by atoms with Crippen molar-refractivity contribution in [1.29, 1.82) is 0 Å². The molecule has 0 fully saturated rings. The van der Waals surface area contributed by atoms with Gasteiger partial charge in [0.05, 0.1) is 0 Å². The summed E-state index contributed by atoms with van der Waals surface area (Å²) in [4.78, 5) is 1.64. The van der Waals surface area contributed by atoms with Crippen molar-refractivity contribution < 1.29 is 2.86 Å². The molecule has 28 valence electrons. The molecule has 0 aromatic rings. The molecule has 0 bridgehead atoms. The first-order valence-electron chi connectivity index (χ1n) is 0.664. The van der Waals surface area contributed by atoms with Gasteiger partial charge < -0.3 is 0 Å². The summed E-state index contributed by atoms with van der Waals surface area (Å²) >= 11 is 0.0400. The normalized spacial score (nSPS) is 11.2. The molecule has 0 atom stereocenters. The molecule has 0 saturated carbocycles. The summed E-state index contributed by atoms with van der Waals surface area (Å²) < 4.78 is 11.1. The van der Waals surface area contributed by atoms with Gasteiger partial charge in [0.15, 0.2) is 0 Å². The van der Waals surface area contributed by atoms with Gasteiger partial charge in [-0.25, -0.2) is 0 Å². The summed E-state index contributed by atoms with van der Waals surface area (Å²) in [5, 5.41) is 0. The quantitative estimate of drug-likeness (QED) is 0.474. The van der Waals surface area contributed by atoms with Crippen LogP contribution >= 0.6 is 35.0 Å². The molecular weight excluding hydrogens is 285 g/mol. The van der Waals surface area contributed by atoms with E-state index in [1.165, 1.54) is 0 Å². The summed E-state index contributed by atoms with van der Waals surface area (Å²) in [5.74, 6) is 0. The number of rotatable bonds is 0. The van der Waals surface area contributed by atoms with Gasteiger partial charge in [-0.2, -0.15) is 0 Å². The van der Waals surface area contributed by atoms with Crippen LogP contribution in [0.25, 0.3) is 0 Å². The van der Waals surface area contributed by atoms with Crippen LogP contribution in [0.5, 0.6) is 0 Å². The SMILES string of the molecule is CI(F)I. The zero-order valence-electron chi connectivity index (χ0n) is 2.13. The van der Waals surface area contributed by atoms with Crippen LogP contribution in [0, 0.1) is 0 Å². The van der Waals surface area contributed by atoms with Crippen molar-refractivity contribution in [3.8, 4) is 0 Å². The van der Waals surface area contributed by atoms with Gasteiger partial charge in [0, 0.05) is 0 Å². The van der Waals surface area contributed by atoms with Crippen LogP contribution in [0.15, 0.2) is 0 Å². The Labute approximate surface area is 42.5 Å². The predicted octanol–water partition coefficient (Wildman–Crippen LogP) is 2.36. The van der Waals surface area contributed by atoms with E-state index in [0.717, 1.165) is 0 Å². The third-order valence-corrected chi connectivity index (χ3v) is 0. The molecule has 0 spiro atoms. The van der Waals surface area contributed by atoms with Crippen molar-refractivity contribution in [1.82, 2.24) is 0 Å². The standard InChI is InChI=1S/CH3FI2/c1-4(2)3/h1H3. The van der Waals surface area contributed by atoms with E-state index in [1.807, 2.05) is 18.6 Å². The molecule has 0 aliphatic rings. The maximum absolute atomic E-state index is 11.1. The first-order valence-corrected chi connectivity index (χ1v) is 9.92. The molecule has 0 heterocycles. The topological polar surface area (TPSA) is 0 Å². The maximum atomic E-state index is 11.1. The van der Waals surface area contributed by atoms with Crippen molar-refractivity contribution in [3.05, 3.63) is 0 Å². The molecule has 0 nitrogen and oxygen atoms in total. The molecule has 3 heteroatoms. The Hall–Kier alpha value is 1.39. The van der Waals surface area contributed by atoms with E-state index in [-0.39, 0.29) is 0 Å². The van der Waals surface area contributed by atoms with Gasteiger partial charge in [-0.05, 0) is 0 Å². The van der Waals surface area contributed by atoms with E-state index >= 15 is 0 Å². The van der Waals surface area contributed by atoms with Crippen LogP contribution in [0.1, 0.15) is 0 Å². The van der Waals surface area contributed by atoms with Crippen LogP contribution in [0.4, 0.5) is 2.86 Å². The predicted molar refractivity (Wildman–Crippen MR) is 35.1 cm³/mol. The second-order valence-corrected chi connectivity index (χ2v) is 9.82. The number of hydrogen-bond donors (Lipinski definition) is 0. The van der Waals surface area contributed by atoms with E-state index in [2.05, 4.69) is 0 Å². The molecule has 0 aromatic heterocycles. The molecule has 0 rings (SSSR count). The number of hydrogen-bond acceptors (Lipinski definition) is 0. The molecule has 0 N–H and O–H groups in total. The summed E-state index contributed by atoms with van der Waals surface area (Å²) in [6.45, 7) is 0. The van der Waals surface area contributed by atoms with E-state index in [0.29, 0.717) is 0 Å². The first kappa shape index (κ1) is 5.39. The van der Waals surface area contributed by atoms with Gasteiger partial charge in [-0.15, -0.1) is 0 Å². The molecule has 4 heavy (non-hydrogen) atoms. The van der Waals surface area contributed by atoms with Crippen LogP contribution in [-0.4, -0.2) is 4.93 Å². The molecule has 0 saturated heterocycles. The van der Waals surface area contributed by atoms with E-state index < -0.39 is 16.4 Å². The Morgan fingerprint density at radius 1 is 2.00 bits per heavy atom. The van der Waals surface area contributed by atoms with E-state index in [4.69, 9.17) is 0 Å². The van der Waals surface area contributed by atoms with Gasteiger partial charge in [-0.1, -0.05) is 0 Å². The van der Waals surface area contributed by atoms with Crippen molar-refractivity contribution >= 4 is 35.0 Å². The zero-order chi connectivity index (χ0) is 3.58. The summed E-state index contributed by atoms with van der Waals surface area (Å²) in [6, 6.07) is 0. The second-order valence-electron chi connectivity index (χ2n) is 0.340. The fourth-order valence-corrected chi connectivity index (χ4v) is 0. The third-order valence-electron chi connectivity index (χ3n) is 0. The molecule has 0 unspecified atom stereocenters. The Balaban J connectivity index is 2.32. The Morgan fingerprint density at radius 3 is 2.00 bits per heavy atom. The van der Waals surface area contributed by atoms with E-state index in [1.54, 1.807) is 4.93 Å². The zero-order valence-corrected chi connectivity index (χ0v) is 6.45. The van der Waals surface area contributed by atoms with Gasteiger partial charge in [0.2, 0.25) is 0 Å². The van der Waals surface area contributed by atoms with E-state index in [9.17, 15) is 2.86 Å².